The minimum absolute atomic E-state index is 0.0259. The number of hydrogen-bond acceptors (Lipinski definition) is 2. The van der Waals surface area contributed by atoms with Crippen LogP contribution in [0.25, 0.3) is 0 Å². The van der Waals surface area contributed by atoms with Crippen LogP contribution in [0.15, 0.2) is 46.5 Å². The maximum absolute atomic E-state index is 11.8. The van der Waals surface area contributed by atoms with E-state index in [1.807, 2.05) is 12.1 Å². The molecule has 4 rings (SSSR count). The van der Waals surface area contributed by atoms with E-state index in [9.17, 15) is 4.79 Å². The highest BCUT2D eigenvalue weighted by atomic mass is 79.9. The molecule has 2 bridgehead atoms. The van der Waals surface area contributed by atoms with Crippen LogP contribution < -0.4 is 0 Å². The predicted molar refractivity (Wildman–Crippen MR) is 69.0 cm³/mol. The molecule has 0 fully saturated rings. The lowest BCUT2D eigenvalue weighted by atomic mass is 9.72. The van der Waals surface area contributed by atoms with E-state index in [1.54, 1.807) is 0 Å². The van der Waals surface area contributed by atoms with Gasteiger partial charge in [-0.05, 0) is 11.1 Å². The van der Waals surface area contributed by atoms with E-state index in [-0.39, 0.29) is 17.8 Å². The first kappa shape index (κ1) is 10.8. The average molecular weight is 291 g/mol. The third-order valence-corrected chi connectivity index (χ3v) is 4.33. The summed E-state index contributed by atoms with van der Waals surface area (Å²) in [6.45, 7) is 0. The molecule has 17 heavy (non-hydrogen) atoms. The lowest BCUT2D eigenvalue weighted by Gasteiger charge is -2.34. The quantitative estimate of drug-likeness (QED) is 0.586. The zero-order valence-corrected chi connectivity index (χ0v) is 10.9. The summed E-state index contributed by atoms with van der Waals surface area (Å²) in [7, 11) is 1.42. The zero-order chi connectivity index (χ0) is 12.0. The summed E-state index contributed by atoms with van der Waals surface area (Å²) in [5.74, 6) is -0.0611. The summed E-state index contributed by atoms with van der Waals surface area (Å²) in [5.41, 5.74) is 3.22. The minimum atomic E-state index is -0.245. The topological polar surface area (TPSA) is 26.3 Å². The van der Waals surface area contributed by atoms with E-state index in [0.717, 1.165) is 10.1 Å². The number of esters is 1. The summed E-state index contributed by atoms with van der Waals surface area (Å²) >= 11 is 3.55. The molecule has 1 aromatic carbocycles. The Kier molecular flexibility index (Phi) is 2.44. The zero-order valence-electron chi connectivity index (χ0n) is 9.31. The molecule has 2 unspecified atom stereocenters. The molecule has 0 heterocycles. The predicted octanol–water partition coefficient (Wildman–Crippen LogP) is 3.26. The molecule has 3 aliphatic rings. The maximum atomic E-state index is 11.8. The first-order chi connectivity index (χ1) is 8.24. The second kappa shape index (κ2) is 3.84. The molecule has 0 saturated carbocycles. The first-order valence-electron chi connectivity index (χ1n) is 5.49. The van der Waals surface area contributed by atoms with Crippen molar-refractivity contribution in [2.24, 2.45) is 0 Å². The number of carbonyl (C=O) groups excluding carboxylic acids is 1. The molecule has 1 aromatic rings. The van der Waals surface area contributed by atoms with Crippen molar-refractivity contribution in [3.05, 3.63) is 57.6 Å². The highest BCUT2D eigenvalue weighted by Gasteiger charge is 2.38. The fourth-order valence-corrected chi connectivity index (χ4v) is 3.44. The Morgan fingerprint density at radius 2 is 1.76 bits per heavy atom. The van der Waals surface area contributed by atoms with Gasteiger partial charge in [0.15, 0.2) is 0 Å². The van der Waals surface area contributed by atoms with Crippen LogP contribution in [0.1, 0.15) is 23.0 Å². The Morgan fingerprint density at radius 3 is 2.41 bits per heavy atom. The summed E-state index contributed by atoms with van der Waals surface area (Å²) in [6, 6.07) is 8.24. The highest BCUT2D eigenvalue weighted by molar-refractivity contribution is 9.11. The summed E-state index contributed by atoms with van der Waals surface area (Å²) in [6.07, 6.45) is 4.23. The van der Waals surface area contributed by atoms with Crippen LogP contribution in [0.2, 0.25) is 0 Å². The number of allylic oxidation sites excluding steroid dienone is 3. The Labute approximate surface area is 108 Å². The van der Waals surface area contributed by atoms with Crippen molar-refractivity contribution in [1.29, 1.82) is 0 Å². The number of hydrogen-bond donors (Lipinski definition) is 0. The van der Waals surface area contributed by atoms with Crippen LogP contribution in [0.4, 0.5) is 0 Å². The van der Waals surface area contributed by atoms with E-state index in [4.69, 9.17) is 4.74 Å². The first-order valence-corrected chi connectivity index (χ1v) is 6.28. The number of rotatable bonds is 1. The van der Waals surface area contributed by atoms with Crippen molar-refractivity contribution < 1.29 is 9.53 Å². The molecule has 0 amide bonds. The van der Waals surface area contributed by atoms with Gasteiger partial charge in [0.25, 0.3) is 0 Å². The van der Waals surface area contributed by atoms with E-state index >= 15 is 0 Å². The third-order valence-electron chi connectivity index (χ3n) is 3.41. The van der Waals surface area contributed by atoms with Crippen LogP contribution >= 0.6 is 15.9 Å². The molecular formula is C14H11BrO2. The van der Waals surface area contributed by atoms with Crippen LogP contribution in [0.3, 0.4) is 0 Å². The Hall–Kier alpha value is -1.35. The molecule has 2 atom stereocenters. The van der Waals surface area contributed by atoms with Crippen molar-refractivity contribution in [2.45, 2.75) is 11.8 Å². The van der Waals surface area contributed by atoms with Gasteiger partial charge in [-0.2, -0.15) is 0 Å². The number of ether oxygens (including phenoxy) is 1. The molecular weight excluding hydrogens is 280 g/mol. The smallest absolute Gasteiger partial charge is 0.335 e. The van der Waals surface area contributed by atoms with Gasteiger partial charge in [0.1, 0.15) is 0 Å². The number of benzene rings is 1. The second-order valence-corrected chi connectivity index (χ2v) is 5.08. The molecule has 0 radical (unpaired) electrons. The molecule has 3 heteroatoms. The Morgan fingerprint density at radius 1 is 1.18 bits per heavy atom. The minimum Gasteiger partial charge on any atom is -0.466 e. The van der Waals surface area contributed by atoms with Crippen LogP contribution in [0.5, 0.6) is 0 Å². The molecule has 0 saturated heterocycles. The van der Waals surface area contributed by atoms with E-state index in [1.165, 1.54) is 18.2 Å². The Bertz CT molecular complexity index is 557. The number of methoxy groups -OCH3 is 1. The highest BCUT2D eigenvalue weighted by Crippen LogP contribution is 2.50. The molecule has 0 aromatic heterocycles. The van der Waals surface area contributed by atoms with Crippen LogP contribution in [0, 0.1) is 0 Å². The number of carbonyl (C=O) groups is 1. The van der Waals surface area contributed by atoms with Gasteiger partial charge in [-0.15, -0.1) is 0 Å². The molecule has 86 valence electrons. The summed E-state index contributed by atoms with van der Waals surface area (Å²) in [4.78, 5) is 11.8. The molecule has 0 aliphatic heterocycles. The summed E-state index contributed by atoms with van der Waals surface area (Å²) < 4.78 is 5.81. The van der Waals surface area contributed by atoms with Gasteiger partial charge in [0.2, 0.25) is 0 Å². The SMILES string of the molecule is COC(=O)C1=C(Br)C2C=CC1c1ccccc12. The fraction of sp³-hybridized carbons (Fsp3) is 0.214. The fourth-order valence-electron chi connectivity index (χ4n) is 2.63. The van der Waals surface area contributed by atoms with Gasteiger partial charge in [-0.1, -0.05) is 52.3 Å². The average Bonchev–Trinajstić information content (AvgIpc) is 2.39. The van der Waals surface area contributed by atoms with Gasteiger partial charge in [0, 0.05) is 16.3 Å². The van der Waals surface area contributed by atoms with Gasteiger partial charge in [-0.25, -0.2) is 4.79 Å². The molecule has 2 nitrogen and oxygen atoms in total. The Balaban J connectivity index is 2.18. The second-order valence-electron chi connectivity index (χ2n) is 4.22. The maximum Gasteiger partial charge on any atom is 0.335 e. The van der Waals surface area contributed by atoms with E-state index < -0.39 is 0 Å². The van der Waals surface area contributed by atoms with Crippen LogP contribution in [-0.2, 0) is 9.53 Å². The lowest BCUT2D eigenvalue weighted by molar-refractivity contribution is -0.136. The summed E-state index contributed by atoms with van der Waals surface area (Å²) in [5, 5.41) is 0. The third kappa shape index (κ3) is 1.42. The van der Waals surface area contributed by atoms with Crippen molar-refractivity contribution in [3.63, 3.8) is 0 Å². The standard InChI is InChI=1S/C14H11BrO2/c1-17-14(16)12-10-6-7-11(13(12)15)9-5-3-2-4-8(9)10/h2-7,10-11H,1H3. The van der Waals surface area contributed by atoms with Crippen molar-refractivity contribution >= 4 is 21.9 Å². The number of halogens is 1. The molecule has 3 aliphatic carbocycles. The van der Waals surface area contributed by atoms with E-state index in [2.05, 4.69) is 40.2 Å². The van der Waals surface area contributed by atoms with Gasteiger partial charge >= 0.3 is 5.97 Å². The molecule has 0 spiro atoms. The van der Waals surface area contributed by atoms with Crippen molar-refractivity contribution in [3.8, 4) is 0 Å². The molecule has 0 N–H and O–H groups in total. The monoisotopic (exact) mass is 290 g/mol. The van der Waals surface area contributed by atoms with Gasteiger partial charge in [0.05, 0.1) is 12.7 Å². The van der Waals surface area contributed by atoms with Crippen molar-refractivity contribution in [2.75, 3.05) is 7.11 Å². The van der Waals surface area contributed by atoms with Gasteiger partial charge < -0.3 is 4.74 Å². The lowest BCUT2D eigenvalue weighted by Crippen LogP contribution is -2.24. The van der Waals surface area contributed by atoms with Gasteiger partial charge in [-0.3, -0.25) is 0 Å². The normalized spacial score (nSPS) is 24.8. The van der Waals surface area contributed by atoms with Crippen molar-refractivity contribution in [1.82, 2.24) is 0 Å². The largest absolute Gasteiger partial charge is 0.466 e. The van der Waals surface area contributed by atoms with Crippen LogP contribution in [-0.4, -0.2) is 13.1 Å². The van der Waals surface area contributed by atoms with E-state index in [0.29, 0.717) is 0 Å².